The van der Waals surface area contributed by atoms with E-state index in [0.29, 0.717) is 12.3 Å². The summed E-state index contributed by atoms with van der Waals surface area (Å²) >= 11 is 1.83. The first-order valence-corrected chi connectivity index (χ1v) is 10.0. The summed E-state index contributed by atoms with van der Waals surface area (Å²) in [5, 5.41) is 2.17. The monoisotopic (exact) mass is 341 g/mol. The largest absolute Gasteiger partial charge is 0.331 e. The lowest BCUT2D eigenvalue weighted by Gasteiger charge is -2.36. The number of unbranched alkanes of at least 4 members (excludes halogenated alkanes) is 3. The lowest BCUT2D eigenvalue weighted by Crippen LogP contribution is -2.40. The number of thiophene rings is 1. The molecule has 0 bridgehead atoms. The Morgan fingerprint density at radius 1 is 1.17 bits per heavy atom. The molecule has 1 aliphatic heterocycles. The topological polar surface area (TPSA) is 20.3 Å². The molecule has 1 aromatic heterocycles. The zero-order valence-electron chi connectivity index (χ0n) is 14.8. The molecule has 24 heavy (non-hydrogen) atoms. The Kier molecular flexibility index (Phi) is 5.72. The summed E-state index contributed by atoms with van der Waals surface area (Å²) in [7, 11) is 0. The molecule has 2 nitrogen and oxygen atoms in total. The van der Waals surface area contributed by atoms with Gasteiger partial charge in [0.15, 0.2) is 0 Å². The number of carbonyl (C=O) groups excluding carboxylic acids is 1. The zero-order chi connectivity index (χ0) is 16.9. The van der Waals surface area contributed by atoms with E-state index < -0.39 is 0 Å². The second-order valence-electron chi connectivity index (χ2n) is 6.76. The number of carbonyl (C=O) groups is 1. The number of amides is 1. The zero-order valence-corrected chi connectivity index (χ0v) is 15.6. The van der Waals surface area contributed by atoms with Crippen molar-refractivity contribution in [2.45, 2.75) is 58.4 Å². The third kappa shape index (κ3) is 3.72. The molecule has 2 heterocycles. The summed E-state index contributed by atoms with van der Waals surface area (Å²) in [6.45, 7) is 5.16. The molecule has 0 N–H and O–H groups in total. The molecule has 128 valence electrons. The normalized spacial score (nSPS) is 16.9. The van der Waals surface area contributed by atoms with Gasteiger partial charge >= 0.3 is 0 Å². The van der Waals surface area contributed by atoms with Crippen LogP contribution in [0, 0.1) is 6.92 Å². The number of hydrogen-bond acceptors (Lipinski definition) is 2. The van der Waals surface area contributed by atoms with Crippen molar-refractivity contribution in [1.29, 1.82) is 0 Å². The van der Waals surface area contributed by atoms with Gasteiger partial charge in [-0.2, -0.15) is 0 Å². The van der Waals surface area contributed by atoms with E-state index in [1.165, 1.54) is 34.4 Å². The van der Waals surface area contributed by atoms with Crippen LogP contribution in [-0.2, 0) is 11.2 Å². The van der Waals surface area contributed by atoms with Crippen molar-refractivity contribution in [1.82, 2.24) is 4.90 Å². The van der Waals surface area contributed by atoms with E-state index in [9.17, 15) is 4.79 Å². The third-order valence-corrected chi connectivity index (χ3v) is 5.92. The highest BCUT2D eigenvalue weighted by atomic mass is 32.1. The van der Waals surface area contributed by atoms with Crippen molar-refractivity contribution in [3.63, 3.8) is 0 Å². The minimum Gasteiger partial charge on any atom is -0.331 e. The number of aryl methyl sites for hydroxylation is 1. The average molecular weight is 342 g/mol. The third-order valence-electron chi connectivity index (χ3n) is 4.92. The van der Waals surface area contributed by atoms with Crippen molar-refractivity contribution in [2.24, 2.45) is 0 Å². The first-order chi connectivity index (χ1) is 11.7. The van der Waals surface area contributed by atoms with Crippen LogP contribution >= 0.6 is 11.3 Å². The summed E-state index contributed by atoms with van der Waals surface area (Å²) < 4.78 is 0. The number of benzene rings is 1. The number of hydrogen-bond donors (Lipinski definition) is 0. The van der Waals surface area contributed by atoms with Gasteiger partial charge in [-0.05, 0) is 42.3 Å². The molecular weight excluding hydrogens is 314 g/mol. The molecule has 0 saturated heterocycles. The lowest BCUT2D eigenvalue weighted by molar-refractivity contribution is -0.133. The van der Waals surface area contributed by atoms with E-state index in [0.717, 1.165) is 25.8 Å². The Labute approximate surface area is 149 Å². The van der Waals surface area contributed by atoms with Gasteiger partial charge in [0, 0.05) is 17.8 Å². The Morgan fingerprint density at radius 2 is 1.96 bits per heavy atom. The second-order valence-corrected chi connectivity index (χ2v) is 7.76. The highest BCUT2D eigenvalue weighted by Gasteiger charge is 2.32. The molecule has 1 aromatic carbocycles. The van der Waals surface area contributed by atoms with Crippen LogP contribution in [0.1, 0.15) is 66.6 Å². The molecule has 2 aromatic rings. The highest BCUT2D eigenvalue weighted by molar-refractivity contribution is 7.10. The molecular formula is C21H27NOS. The van der Waals surface area contributed by atoms with Crippen molar-refractivity contribution in [3.05, 3.63) is 57.3 Å². The minimum atomic E-state index is 0.0966. The van der Waals surface area contributed by atoms with Crippen LogP contribution in [-0.4, -0.2) is 17.4 Å². The highest BCUT2D eigenvalue weighted by Crippen LogP contribution is 2.38. The van der Waals surface area contributed by atoms with Gasteiger partial charge in [0.2, 0.25) is 5.91 Å². The summed E-state index contributed by atoms with van der Waals surface area (Å²) in [4.78, 5) is 16.4. The van der Waals surface area contributed by atoms with Gasteiger partial charge in [0.1, 0.15) is 0 Å². The van der Waals surface area contributed by atoms with Gasteiger partial charge in [-0.3, -0.25) is 4.79 Å². The fraction of sp³-hybridized carbons (Fsp3) is 0.476. The molecule has 0 aliphatic carbocycles. The van der Waals surface area contributed by atoms with Crippen LogP contribution in [0.25, 0.3) is 0 Å². The second kappa shape index (κ2) is 7.98. The van der Waals surface area contributed by atoms with Gasteiger partial charge in [-0.15, -0.1) is 11.3 Å². The molecule has 0 spiro atoms. The average Bonchev–Trinajstić information content (AvgIpc) is 3.07. The molecule has 3 rings (SSSR count). The van der Waals surface area contributed by atoms with Crippen LogP contribution in [0.2, 0.25) is 0 Å². The van der Waals surface area contributed by atoms with Crippen LogP contribution in [0.5, 0.6) is 0 Å². The molecule has 0 unspecified atom stereocenters. The standard InChI is InChI=1S/C21H27NOS/c1-3-4-5-6-7-20(23)22-14-12-19-18(13-15-24-19)21(22)17-10-8-16(2)9-11-17/h8-11,13,15,21H,3-7,12,14H2,1-2H3/t21-/m0/s1. The Hall–Kier alpha value is -1.61. The van der Waals surface area contributed by atoms with E-state index in [2.05, 4.69) is 54.5 Å². The van der Waals surface area contributed by atoms with E-state index in [-0.39, 0.29) is 6.04 Å². The maximum atomic E-state index is 12.9. The lowest BCUT2D eigenvalue weighted by atomic mass is 9.92. The number of fused-ring (bicyclic) bond motifs is 1. The van der Waals surface area contributed by atoms with Crippen molar-refractivity contribution >= 4 is 17.2 Å². The summed E-state index contributed by atoms with van der Waals surface area (Å²) in [5.74, 6) is 0.313. The SMILES string of the molecule is CCCCCCC(=O)N1CCc2sccc2[C@@H]1c1ccc(C)cc1. The van der Waals surface area contributed by atoms with Gasteiger partial charge < -0.3 is 4.90 Å². The molecule has 1 atom stereocenters. The van der Waals surface area contributed by atoms with Crippen molar-refractivity contribution < 1.29 is 4.79 Å². The summed E-state index contributed by atoms with van der Waals surface area (Å²) in [5.41, 5.74) is 3.83. The Morgan fingerprint density at radius 3 is 2.71 bits per heavy atom. The van der Waals surface area contributed by atoms with Gasteiger partial charge in [0.05, 0.1) is 6.04 Å². The molecule has 0 saturated carbocycles. The van der Waals surface area contributed by atoms with Crippen molar-refractivity contribution in [3.8, 4) is 0 Å². The number of rotatable bonds is 6. The predicted molar refractivity (Wildman–Crippen MR) is 102 cm³/mol. The minimum absolute atomic E-state index is 0.0966. The molecule has 1 aliphatic rings. The quantitative estimate of drug-likeness (QED) is 0.635. The molecule has 0 radical (unpaired) electrons. The molecule has 0 fully saturated rings. The van der Waals surface area contributed by atoms with E-state index in [1.807, 2.05) is 11.3 Å². The smallest absolute Gasteiger partial charge is 0.223 e. The van der Waals surface area contributed by atoms with Crippen LogP contribution in [0.4, 0.5) is 0 Å². The predicted octanol–water partition coefficient (Wildman–Crippen LogP) is 5.50. The van der Waals surface area contributed by atoms with E-state index >= 15 is 0 Å². The van der Waals surface area contributed by atoms with E-state index in [1.54, 1.807) is 0 Å². The van der Waals surface area contributed by atoms with Gasteiger partial charge in [0.25, 0.3) is 0 Å². The van der Waals surface area contributed by atoms with E-state index in [4.69, 9.17) is 0 Å². The summed E-state index contributed by atoms with van der Waals surface area (Å²) in [6.07, 6.45) is 6.29. The van der Waals surface area contributed by atoms with Gasteiger partial charge in [-0.25, -0.2) is 0 Å². The maximum Gasteiger partial charge on any atom is 0.223 e. The first kappa shape index (κ1) is 17.2. The fourth-order valence-corrected chi connectivity index (χ4v) is 4.44. The van der Waals surface area contributed by atoms with Gasteiger partial charge in [-0.1, -0.05) is 56.0 Å². The van der Waals surface area contributed by atoms with Crippen LogP contribution < -0.4 is 0 Å². The van der Waals surface area contributed by atoms with Crippen molar-refractivity contribution in [2.75, 3.05) is 6.54 Å². The molecule has 3 heteroatoms. The first-order valence-electron chi connectivity index (χ1n) is 9.13. The van der Waals surface area contributed by atoms with Crippen LogP contribution in [0.15, 0.2) is 35.7 Å². The van der Waals surface area contributed by atoms with Crippen LogP contribution in [0.3, 0.4) is 0 Å². The Bertz CT molecular complexity index is 673. The number of nitrogens with zero attached hydrogens (tertiary/aromatic N) is 1. The maximum absolute atomic E-state index is 12.9. The molecule has 1 amide bonds. The Balaban J connectivity index is 1.82. The fourth-order valence-electron chi connectivity index (χ4n) is 3.54. The summed E-state index contributed by atoms with van der Waals surface area (Å²) in [6, 6.07) is 11.0.